The van der Waals surface area contributed by atoms with Crippen LogP contribution in [0.25, 0.3) is 21.9 Å². The topological polar surface area (TPSA) is 259 Å². The summed E-state index contributed by atoms with van der Waals surface area (Å²) in [7, 11) is 1.12. The van der Waals surface area contributed by atoms with Gasteiger partial charge in [-0.1, -0.05) is 129 Å². The van der Waals surface area contributed by atoms with Gasteiger partial charge in [-0.15, -0.1) is 0 Å². The molecule has 0 bridgehead atoms. The van der Waals surface area contributed by atoms with Gasteiger partial charge < -0.3 is 35.7 Å². The third-order valence-electron chi connectivity index (χ3n) is 14.4. The second-order valence-electron chi connectivity index (χ2n) is 20.7. The second-order valence-corrected chi connectivity index (χ2v) is 20.7. The number of esters is 1. The number of methoxy groups -OCH3 is 1. The SMILES string of the molecule is CC[C@@](C)(c1cccc2ccccc12)[C@](C(=O)OC)(c1ccc(NC(=O)OCC2c3ccccc3-c3ccccc32)cc1)N(C(=O)CC(O)[C@H](Cc1ccc([N+](=O)[O-])cc1)NC(=O)C(C)NC(=O)C(C)N)C(=O)OC(C)(C)C. The van der Waals surface area contributed by atoms with Crippen LogP contribution in [-0.4, -0.2) is 94.4 Å². The molecule has 0 aromatic heterocycles. The molecule has 3 unspecified atom stereocenters. The number of aliphatic hydroxyl groups excluding tert-OH is 1. The molecule has 0 fully saturated rings. The van der Waals surface area contributed by atoms with Crippen LogP contribution in [0.1, 0.15) is 95.0 Å². The number of nitrogens with two attached hydrogens (primary N) is 1. The molecule has 6 N–H and O–H groups in total. The summed E-state index contributed by atoms with van der Waals surface area (Å²) >= 11 is 0. The number of nitro groups is 1. The Kier molecular flexibility index (Phi) is 17.5. The van der Waals surface area contributed by atoms with Crippen molar-refractivity contribution in [2.24, 2.45) is 5.73 Å². The molecule has 6 aromatic rings. The Balaban J connectivity index is 1.33. The number of carbonyl (C=O) groups excluding carboxylic acids is 6. The van der Waals surface area contributed by atoms with Crippen LogP contribution in [0.15, 0.2) is 140 Å². The summed E-state index contributed by atoms with van der Waals surface area (Å²) in [6.45, 7) is 11.1. The van der Waals surface area contributed by atoms with Gasteiger partial charge in [0, 0.05) is 29.2 Å². The zero-order valence-corrected chi connectivity index (χ0v) is 44.9. The van der Waals surface area contributed by atoms with E-state index in [4.69, 9.17) is 19.9 Å². The Morgan fingerprint density at radius 3 is 1.94 bits per heavy atom. The number of ether oxygens (including phenoxy) is 3. The number of carbonyl (C=O) groups is 6. The van der Waals surface area contributed by atoms with Crippen LogP contribution < -0.4 is 21.7 Å². The third-order valence-corrected chi connectivity index (χ3v) is 14.4. The van der Waals surface area contributed by atoms with Gasteiger partial charge in [0.05, 0.1) is 36.6 Å². The minimum Gasteiger partial charge on any atom is -0.467 e. The molecule has 0 heterocycles. The number of fused-ring (bicyclic) bond motifs is 4. The maximum absolute atomic E-state index is 15.8. The van der Waals surface area contributed by atoms with Crippen molar-refractivity contribution in [1.29, 1.82) is 0 Å². The molecule has 0 aliphatic heterocycles. The molecular formula is C60H66N6O12. The summed E-state index contributed by atoms with van der Waals surface area (Å²) in [6, 6.07) is 36.6. The van der Waals surface area contributed by atoms with Gasteiger partial charge in [0.15, 0.2) is 5.54 Å². The Hall–Kier alpha value is -8.48. The minimum absolute atomic E-state index is 0.0314. The van der Waals surface area contributed by atoms with Gasteiger partial charge in [-0.2, -0.15) is 0 Å². The number of hydrogen-bond acceptors (Lipinski definition) is 13. The maximum atomic E-state index is 15.8. The molecule has 18 nitrogen and oxygen atoms in total. The summed E-state index contributed by atoms with van der Waals surface area (Å²) in [5.74, 6) is -3.84. The number of hydrogen-bond donors (Lipinski definition) is 5. The first-order valence-corrected chi connectivity index (χ1v) is 25.7. The van der Waals surface area contributed by atoms with E-state index in [0.29, 0.717) is 21.4 Å². The fourth-order valence-corrected chi connectivity index (χ4v) is 10.3. The molecule has 408 valence electrons. The molecule has 7 rings (SSSR count). The molecule has 78 heavy (non-hydrogen) atoms. The predicted molar refractivity (Wildman–Crippen MR) is 294 cm³/mol. The van der Waals surface area contributed by atoms with Gasteiger partial charge in [-0.25, -0.2) is 19.3 Å². The van der Waals surface area contributed by atoms with Crippen molar-refractivity contribution in [2.75, 3.05) is 19.0 Å². The molecule has 5 amide bonds. The first kappa shape index (κ1) is 57.2. The molecule has 1 aliphatic rings. The molecule has 0 saturated heterocycles. The maximum Gasteiger partial charge on any atom is 0.418 e. The Bertz CT molecular complexity index is 3160. The lowest BCUT2D eigenvalue weighted by Gasteiger charge is -2.52. The van der Waals surface area contributed by atoms with Crippen molar-refractivity contribution in [3.8, 4) is 11.1 Å². The lowest BCUT2D eigenvalue weighted by molar-refractivity contribution is -0.384. The average Bonchev–Trinajstić information content (AvgIpc) is 3.88. The Labute approximate surface area is 452 Å². The smallest absolute Gasteiger partial charge is 0.418 e. The summed E-state index contributed by atoms with van der Waals surface area (Å²) in [5.41, 5.74) is 5.54. The Morgan fingerprint density at radius 1 is 0.769 bits per heavy atom. The van der Waals surface area contributed by atoms with E-state index in [9.17, 15) is 29.6 Å². The fraction of sp³-hybridized carbons (Fsp3) is 0.333. The van der Waals surface area contributed by atoms with Gasteiger partial charge in [0.2, 0.25) is 17.7 Å². The van der Waals surface area contributed by atoms with Crippen LogP contribution in [0.2, 0.25) is 0 Å². The lowest BCUT2D eigenvalue weighted by atomic mass is 9.60. The van der Waals surface area contributed by atoms with Crippen LogP contribution in [0.5, 0.6) is 0 Å². The van der Waals surface area contributed by atoms with Gasteiger partial charge in [0.25, 0.3) is 5.69 Å². The van der Waals surface area contributed by atoms with Gasteiger partial charge in [-0.05, 0) is 109 Å². The van der Waals surface area contributed by atoms with Gasteiger partial charge in [0.1, 0.15) is 18.2 Å². The van der Waals surface area contributed by atoms with Crippen molar-refractivity contribution >= 4 is 58.0 Å². The number of aliphatic hydroxyl groups is 1. The number of nitrogens with one attached hydrogen (secondary N) is 3. The van der Waals surface area contributed by atoms with E-state index in [1.165, 1.54) is 62.4 Å². The van der Waals surface area contributed by atoms with Crippen LogP contribution in [0.3, 0.4) is 0 Å². The van der Waals surface area contributed by atoms with Gasteiger partial charge in [-0.3, -0.25) is 29.8 Å². The second kappa shape index (κ2) is 23.8. The number of rotatable bonds is 19. The molecule has 18 heteroatoms. The van der Waals surface area contributed by atoms with Crippen molar-refractivity contribution in [3.05, 3.63) is 177 Å². The van der Waals surface area contributed by atoms with E-state index in [2.05, 4.69) is 16.0 Å². The molecule has 1 aliphatic carbocycles. The number of imide groups is 1. The molecule has 0 spiro atoms. The molecular weight excluding hydrogens is 997 g/mol. The lowest BCUT2D eigenvalue weighted by Crippen LogP contribution is -2.67. The van der Waals surface area contributed by atoms with Crippen LogP contribution in [-0.2, 0) is 50.8 Å². The summed E-state index contributed by atoms with van der Waals surface area (Å²) in [4.78, 5) is 98.3. The Morgan fingerprint density at radius 2 is 1.36 bits per heavy atom. The van der Waals surface area contributed by atoms with E-state index < -0.39 is 88.0 Å². The summed E-state index contributed by atoms with van der Waals surface area (Å²) < 4.78 is 17.6. The standard InChI is InChI=1S/C60H66N6O12/c1-9-59(7,49-24-16-18-39-17-10-11-19-43(39)49)60(55(71)76-8,40-27-29-41(30-28-40)63-56(72)77-35-48-46-22-14-12-20-44(46)45-21-13-15-23-47(45)48)65(57(73)78-58(4,5)6)52(68)34-51(67)50(33-38-25-31-42(32-26-38)66(74)75)64-54(70)37(3)62-53(69)36(2)61/h10-32,36-37,48,50-51,67H,9,33-35,61H2,1-8H3,(H,62,69)(H,63,72)(H,64,70)/t36?,37?,50-,51?,59-,60+/m0/s1. The highest BCUT2D eigenvalue weighted by Crippen LogP contribution is 2.53. The summed E-state index contributed by atoms with van der Waals surface area (Å²) in [5, 5.41) is 33.3. The number of nitrogens with zero attached hydrogens (tertiary/aromatic N) is 2. The summed E-state index contributed by atoms with van der Waals surface area (Å²) in [6.07, 6.45) is -4.97. The third kappa shape index (κ3) is 11.9. The van der Waals surface area contributed by atoms with Crippen LogP contribution in [0, 0.1) is 10.1 Å². The first-order valence-electron chi connectivity index (χ1n) is 25.7. The van der Waals surface area contributed by atoms with Gasteiger partial charge >= 0.3 is 18.2 Å². The van der Waals surface area contributed by atoms with E-state index in [1.807, 2.05) is 78.9 Å². The van der Waals surface area contributed by atoms with E-state index in [0.717, 1.165) is 34.7 Å². The number of anilines is 1. The van der Waals surface area contributed by atoms with Crippen molar-refractivity contribution in [3.63, 3.8) is 0 Å². The number of nitro benzene ring substituents is 1. The molecule has 0 saturated carbocycles. The highest BCUT2D eigenvalue weighted by molar-refractivity contribution is 6.02. The minimum atomic E-state index is -2.49. The van der Waals surface area contributed by atoms with E-state index in [1.54, 1.807) is 46.8 Å². The zero-order valence-electron chi connectivity index (χ0n) is 44.9. The van der Waals surface area contributed by atoms with Crippen molar-refractivity contribution in [2.45, 2.75) is 114 Å². The molecule has 0 radical (unpaired) electrons. The normalized spacial score (nSPS) is 15.1. The van der Waals surface area contributed by atoms with Crippen molar-refractivity contribution < 1.29 is 53.0 Å². The zero-order chi connectivity index (χ0) is 56.7. The predicted octanol–water partition coefficient (Wildman–Crippen LogP) is 8.94. The molecule has 6 aromatic carbocycles. The fourth-order valence-electron chi connectivity index (χ4n) is 10.3. The molecule has 6 atom stereocenters. The quantitative estimate of drug-likeness (QED) is 0.0220. The number of amides is 5. The monoisotopic (exact) mass is 1060 g/mol. The van der Waals surface area contributed by atoms with E-state index >= 15 is 14.4 Å². The highest BCUT2D eigenvalue weighted by Gasteiger charge is 2.64. The highest BCUT2D eigenvalue weighted by atomic mass is 16.6. The van der Waals surface area contributed by atoms with Crippen molar-refractivity contribution in [1.82, 2.24) is 15.5 Å². The largest absolute Gasteiger partial charge is 0.467 e. The number of non-ortho nitro benzene ring substituents is 1. The van der Waals surface area contributed by atoms with E-state index in [-0.39, 0.29) is 42.3 Å². The first-order chi connectivity index (χ1) is 37.0. The van der Waals surface area contributed by atoms with Crippen LogP contribution >= 0.6 is 0 Å². The number of benzene rings is 6. The van der Waals surface area contributed by atoms with Crippen LogP contribution in [0.4, 0.5) is 21.0 Å². The average molecular weight is 1060 g/mol.